The van der Waals surface area contributed by atoms with Crippen LogP contribution in [0.5, 0.6) is 0 Å². The molecule has 1 rings (SSSR count). The van der Waals surface area contributed by atoms with E-state index in [0.717, 1.165) is 19.3 Å². The first-order valence-corrected chi connectivity index (χ1v) is 5.39. The SMILES string of the molecule is C=C1CC(OC)CC(OC(C)(C)OC)C1. The van der Waals surface area contributed by atoms with Crippen molar-refractivity contribution < 1.29 is 14.2 Å². The Morgan fingerprint density at radius 1 is 1.20 bits per heavy atom. The van der Waals surface area contributed by atoms with E-state index in [9.17, 15) is 0 Å². The van der Waals surface area contributed by atoms with Crippen LogP contribution in [0.3, 0.4) is 0 Å². The molecule has 0 spiro atoms. The minimum Gasteiger partial charge on any atom is -0.381 e. The molecule has 0 aromatic rings. The number of ether oxygens (including phenoxy) is 3. The zero-order valence-corrected chi connectivity index (χ0v) is 10.2. The second kappa shape index (κ2) is 5.10. The maximum Gasteiger partial charge on any atom is 0.162 e. The van der Waals surface area contributed by atoms with Crippen LogP contribution in [0.15, 0.2) is 12.2 Å². The first-order chi connectivity index (χ1) is 6.96. The van der Waals surface area contributed by atoms with Crippen LogP contribution in [-0.2, 0) is 14.2 Å². The third-order valence-corrected chi connectivity index (χ3v) is 2.83. The van der Waals surface area contributed by atoms with Crippen molar-refractivity contribution in [3.05, 3.63) is 12.2 Å². The summed E-state index contributed by atoms with van der Waals surface area (Å²) in [4.78, 5) is 0. The summed E-state index contributed by atoms with van der Waals surface area (Å²) < 4.78 is 16.5. The van der Waals surface area contributed by atoms with Gasteiger partial charge in [0.25, 0.3) is 0 Å². The molecule has 0 radical (unpaired) electrons. The number of methoxy groups -OCH3 is 2. The molecule has 1 fully saturated rings. The average Bonchev–Trinajstić information content (AvgIpc) is 2.16. The Bertz CT molecular complexity index is 223. The third kappa shape index (κ3) is 3.93. The van der Waals surface area contributed by atoms with Crippen LogP contribution in [0.4, 0.5) is 0 Å². The summed E-state index contributed by atoms with van der Waals surface area (Å²) in [7, 11) is 3.40. The molecule has 0 aromatic carbocycles. The second-order valence-electron chi connectivity index (χ2n) is 4.60. The van der Waals surface area contributed by atoms with Crippen LogP contribution in [0.2, 0.25) is 0 Å². The normalized spacial score (nSPS) is 28.1. The molecule has 0 aromatic heterocycles. The standard InChI is InChI=1S/C12H22O3/c1-9-6-10(13-4)8-11(7-9)15-12(2,3)14-5/h10-11H,1,6-8H2,2-5H3. The summed E-state index contributed by atoms with van der Waals surface area (Å²) in [5.74, 6) is -0.527. The molecule has 1 aliphatic rings. The zero-order valence-electron chi connectivity index (χ0n) is 10.2. The van der Waals surface area contributed by atoms with Crippen molar-refractivity contribution in [2.24, 2.45) is 0 Å². The van der Waals surface area contributed by atoms with Gasteiger partial charge in [0.2, 0.25) is 0 Å². The molecule has 0 saturated heterocycles. The van der Waals surface area contributed by atoms with Crippen molar-refractivity contribution in [3.63, 3.8) is 0 Å². The quantitative estimate of drug-likeness (QED) is 0.531. The smallest absolute Gasteiger partial charge is 0.162 e. The summed E-state index contributed by atoms with van der Waals surface area (Å²) in [6, 6.07) is 0. The average molecular weight is 214 g/mol. The van der Waals surface area contributed by atoms with E-state index in [1.807, 2.05) is 13.8 Å². The van der Waals surface area contributed by atoms with Crippen LogP contribution in [0.25, 0.3) is 0 Å². The highest BCUT2D eigenvalue weighted by atomic mass is 16.7. The van der Waals surface area contributed by atoms with Gasteiger partial charge in [0.1, 0.15) is 0 Å². The van der Waals surface area contributed by atoms with Gasteiger partial charge in [-0.05, 0) is 26.7 Å². The van der Waals surface area contributed by atoms with E-state index in [1.54, 1.807) is 14.2 Å². The fraction of sp³-hybridized carbons (Fsp3) is 0.833. The predicted molar refractivity (Wildman–Crippen MR) is 59.7 cm³/mol. The van der Waals surface area contributed by atoms with Crippen LogP contribution < -0.4 is 0 Å². The van der Waals surface area contributed by atoms with Crippen LogP contribution in [0.1, 0.15) is 33.1 Å². The van der Waals surface area contributed by atoms with Crippen LogP contribution in [0, 0.1) is 0 Å². The highest BCUT2D eigenvalue weighted by Gasteiger charge is 2.29. The molecule has 0 bridgehead atoms. The van der Waals surface area contributed by atoms with Gasteiger partial charge in [0.15, 0.2) is 5.79 Å². The minimum atomic E-state index is -0.527. The van der Waals surface area contributed by atoms with Crippen molar-refractivity contribution in [2.75, 3.05) is 14.2 Å². The first kappa shape index (κ1) is 12.7. The number of rotatable bonds is 4. The fourth-order valence-corrected chi connectivity index (χ4v) is 1.91. The van der Waals surface area contributed by atoms with E-state index < -0.39 is 5.79 Å². The van der Waals surface area contributed by atoms with E-state index in [4.69, 9.17) is 14.2 Å². The van der Waals surface area contributed by atoms with Crippen molar-refractivity contribution in [1.29, 1.82) is 0 Å². The predicted octanol–water partition coefficient (Wildman–Crippen LogP) is 2.51. The highest BCUT2D eigenvalue weighted by molar-refractivity contribution is 5.03. The third-order valence-electron chi connectivity index (χ3n) is 2.83. The molecule has 0 aliphatic heterocycles. The Morgan fingerprint density at radius 2 is 1.80 bits per heavy atom. The Hall–Kier alpha value is -0.380. The van der Waals surface area contributed by atoms with Gasteiger partial charge >= 0.3 is 0 Å². The van der Waals surface area contributed by atoms with Crippen LogP contribution >= 0.6 is 0 Å². The van der Waals surface area contributed by atoms with Gasteiger partial charge in [-0.25, -0.2) is 0 Å². The largest absolute Gasteiger partial charge is 0.381 e. The molecule has 0 heterocycles. The van der Waals surface area contributed by atoms with Crippen LogP contribution in [-0.4, -0.2) is 32.2 Å². The number of hydrogen-bond acceptors (Lipinski definition) is 3. The fourth-order valence-electron chi connectivity index (χ4n) is 1.91. The van der Waals surface area contributed by atoms with Crippen molar-refractivity contribution in [3.8, 4) is 0 Å². The zero-order chi connectivity index (χ0) is 11.5. The molecule has 88 valence electrons. The maximum absolute atomic E-state index is 5.87. The summed E-state index contributed by atoms with van der Waals surface area (Å²) in [6.45, 7) is 7.86. The van der Waals surface area contributed by atoms with E-state index in [-0.39, 0.29) is 12.2 Å². The second-order valence-corrected chi connectivity index (χ2v) is 4.60. The van der Waals surface area contributed by atoms with Crippen molar-refractivity contribution in [1.82, 2.24) is 0 Å². The first-order valence-electron chi connectivity index (χ1n) is 5.39. The molecule has 2 atom stereocenters. The molecule has 3 nitrogen and oxygen atoms in total. The molecule has 1 saturated carbocycles. The lowest BCUT2D eigenvalue weighted by Gasteiger charge is -2.35. The van der Waals surface area contributed by atoms with Crippen molar-refractivity contribution >= 4 is 0 Å². The van der Waals surface area contributed by atoms with Gasteiger partial charge < -0.3 is 14.2 Å². The highest BCUT2D eigenvalue weighted by Crippen LogP contribution is 2.29. The minimum absolute atomic E-state index is 0.158. The van der Waals surface area contributed by atoms with E-state index >= 15 is 0 Å². The Balaban J connectivity index is 2.51. The monoisotopic (exact) mass is 214 g/mol. The van der Waals surface area contributed by atoms with Gasteiger partial charge in [0.05, 0.1) is 12.2 Å². The molecular weight excluding hydrogens is 192 g/mol. The van der Waals surface area contributed by atoms with Gasteiger partial charge in [-0.2, -0.15) is 0 Å². The molecule has 1 aliphatic carbocycles. The van der Waals surface area contributed by atoms with Crippen molar-refractivity contribution in [2.45, 2.75) is 51.1 Å². The molecule has 2 unspecified atom stereocenters. The lowest BCUT2D eigenvalue weighted by atomic mass is 9.91. The molecule has 3 heteroatoms. The molecule has 0 N–H and O–H groups in total. The Kier molecular flexibility index (Phi) is 4.32. The summed E-state index contributed by atoms with van der Waals surface area (Å²) in [6.07, 6.45) is 3.17. The Labute approximate surface area is 92.4 Å². The number of hydrogen-bond donors (Lipinski definition) is 0. The summed E-state index contributed by atoms with van der Waals surface area (Å²) >= 11 is 0. The molecular formula is C12H22O3. The summed E-state index contributed by atoms with van der Waals surface area (Å²) in [5.41, 5.74) is 1.20. The Morgan fingerprint density at radius 3 is 2.33 bits per heavy atom. The van der Waals surface area contributed by atoms with Gasteiger partial charge in [-0.3, -0.25) is 0 Å². The van der Waals surface area contributed by atoms with Gasteiger partial charge in [-0.1, -0.05) is 12.2 Å². The maximum atomic E-state index is 5.87. The van der Waals surface area contributed by atoms with E-state index in [2.05, 4.69) is 6.58 Å². The summed E-state index contributed by atoms with van der Waals surface area (Å²) in [5, 5.41) is 0. The van der Waals surface area contributed by atoms with Gasteiger partial charge in [0, 0.05) is 20.6 Å². The van der Waals surface area contributed by atoms with E-state index in [0.29, 0.717) is 0 Å². The van der Waals surface area contributed by atoms with Gasteiger partial charge in [-0.15, -0.1) is 0 Å². The lowest BCUT2D eigenvalue weighted by molar-refractivity contribution is -0.230. The molecule has 0 amide bonds. The topological polar surface area (TPSA) is 27.7 Å². The lowest BCUT2D eigenvalue weighted by Crippen LogP contribution is -2.37. The van der Waals surface area contributed by atoms with E-state index in [1.165, 1.54) is 5.57 Å². The molecule has 15 heavy (non-hydrogen) atoms.